The summed E-state index contributed by atoms with van der Waals surface area (Å²) in [6.07, 6.45) is -11.0. The molecule has 78 heavy (non-hydrogen) atoms. The zero-order valence-corrected chi connectivity index (χ0v) is 44.1. The van der Waals surface area contributed by atoms with E-state index in [2.05, 4.69) is 0 Å². The van der Waals surface area contributed by atoms with Crippen molar-refractivity contribution in [1.29, 1.82) is 0 Å². The SMILES string of the molecule is C.CCOCC1CN(S(=O)(=O)c2ccc(F)cc2)c2cc(CC(=O)c3c(Cl)cccc3C(F)(F)F)ccc2O1.CCOCC1CN(S(=O)(=O)c2ccc(F)cc2)c2cc(N)ccc2O1.O=C(Cl)c1c(Cl)cccc1C(F)(F)F. The highest BCUT2D eigenvalue weighted by Crippen LogP contribution is 2.42. The minimum absolute atomic E-state index is 0. The molecule has 6 aromatic carbocycles. The molecule has 0 saturated carbocycles. The Morgan fingerprint density at radius 3 is 1.45 bits per heavy atom. The summed E-state index contributed by atoms with van der Waals surface area (Å²) in [5, 5.41) is -1.87. The number of carbonyl (C=O) groups is 2. The van der Waals surface area contributed by atoms with Gasteiger partial charge in [0.15, 0.2) is 5.78 Å². The van der Waals surface area contributed by atoms with Gasteiger partial charge in [0.2, 0.25) is 0 Å². The maximum absolute atomic E-state index is 13.5. The molecule has 0 saturated heterocycles. The lowest BCUT2D eigenvalue weighted by Crippen LogP contribution is -2.45. The molecule has 0 fully saturated rings. The van der Waals surface area contributed by atoms with Gasteiger partial charge in [-0.2, -0.15) is 26.3 Å². The Labute approximate surface area is 459 Å². The van der Waals surface area contributed by atoms with Crippen LogP contribution in [0.3, 0.4) is 0 Å². The van der Waals surface area contributed by atoms with Crippen molar-refractivity contribution in [2.75, 3.05) is 53.9 Å². The molecule has 2 atom stereocenters. The van der Waals surface area contributed by atoms with E-state index in [9.17, 15) is 61.5 Å². The van der Waals surface area contributed by atoms with Crippen molar-refractivity contribution in [2.24, 2.45) is 0 Å². The number of rotatable bonds is 14. The first-order chi connectivity index (χ1) is 36.2. The van der Waals surface area contributed by atoms with E-state index in [-0.39, 0.29) is 70.6 Å². The quantitative estimate of drug-likeness (QED) is 0.0476. The van der Waals surface area contributed by atoms with E-state index in [0.717, 1.165) is 65.0 Å². The van der Waals surface area contributed by atoms with Gasteiger partial charge in [-0.15, -0.1) is 0 Å². The molecule has 0 amide bonds. The van der Waals surface area contributed by atoms with E-state index >= 15 is 0 Å². The van der Waals surface area contributed by atoms with Gasteiger partial charge in [-0.05, 0) is 134 Å². The van der Waals surface area contributed by atoms with Crippen LogP contribution >= 0.6 is 34.8 Å². The van der Waals surface area contributed by atoms with Crippen LogP contribution in [-0.2, 0) is 48.3 Å². The second-order valence-electron chi connectivity index (χ2n) is 16.5. The summed E-state index contributed by atoms with van der Waals surface area (Å²) >= 11 is 16.4. The molecule has 0 bridgehead atoms. The number of sulfonamides is 2. The van der Waals surface area contributed by atoms with Crippen LogP contribution in [0.2, 0.25) is 10.0 Å². The molecule has 0 radical (unpaired) electrons. The number of nitrogens with zero attached hydrogens (tertiary/aromatic N) is 2. The fraction of sp³-hybridized carbons (Fsp3) is 0.269. The normalized spacial score (nSPS) is 15.1. The van der Waals surface area contributed by atoms with E-state index in [0.29, 0.717) is 30.3 Å². The Bertz CT molecular complexity index is 3320. The number of nitrogen functional groups attached to an aromatic ring is 1. The average molecular weight is 1200 g/mol. The predicted molar refractivity (Wildman–Crippen MR) is 279 cm³/mol. The number of halogens is 11. The Kier molecular flexibility index (Phi) is 21.0. The second kappa shape index (κ2) is 26.2. The number of nitrogens with two attached hydrogens (primary N) is 1. The van der Waals surface area contributed by atoms with Crippen LogP contribution in [0.5, 0.6) is 11.5 Å². The van der Waals surface area contributed by atoms with Gasteiger partial charge in [0, 0.05) is 30.9 Å². The molecule has 6 aromatic rings. The largest absolute Gasteiger partial charge is 0.484 e. The average Bonchev–Trinajstić information content (AvgIpc) is 3.45. The number of hydrogen-bond acceptors (Lipinski definition) is 11. The van der Waals surface area contributed by atoms with Crippen molar-refractivity contribution in [3.05, 3.63) is 171 Å². The van der Waals surface area contributed by atoms with Crippen LogP contribution in [0.1, 0.15) is 58.7 Å². The minimum atomic E-state index is -4.80. The van der Waals surface area contributed by atoms with Crippen LogP contribution in [0.15, 0.2) is 131 Å². The molecule has 13 nitrogen and oxygen atoms in total. The van der Waals surface area contributed by atoms with Crippen LogP contribution in [0.25, 0.3) is 0 Å². The highest BCUT2D eigenvalue weighted by atomic mass is 35.5. The van der Waals surface area contributed by atoms with Gasteiger partial charge in [-0.25, -0.2) is 25.6 Å². The van der Waals surface area contributed by atoms with E-state index in [1.165, 1.54) is 46.8 Å². The van der Waals surface area contributed by atoms with Crippen molar-refractivity contribution in [1.82, 2.24) is 0 Å². The number of ketones is 1. The summed E-state index contributed by atoms with van der Waals surface area (Å²) in [4.78, 5) is 23.5. The maximum atomic E-state index is 13.5. The molecule has 0 aromatic heterocycles. The Morgan fingerprint density at radius 1 is 0.628 bits per heavy atom. The number of benzene rings is 6. The lowest BCUT2D eigenvalue weighted by atomic mass is 9.97. The Hall–Kier alpha value is -6.21. The van der Waals surface area contributed by atoms with Crippen LogP contribution < -0.4 is 23.8 Å². The number of ether oxygens (including phenoxy) is 4. The Balaban J connectivity index is 0.000000240. The van der Waals surface area contributed by atoms with Gasteiger partial charge in [0.25, 0.3) is 25.3 Å². The molecule has 2 aliphatic rings. The van der Waals surface area contributed by atoms with Crippen molar-refractivity contribution in [3.63, 3.8) is 0 Å². The van der Waals surface area contributed by atoms with Gasteiger partial charge in [-0.3, -0.25) is 18.2 Å². The number of carbonyl (C=O) groups excluding carboxylic acids is 2. The number of fused-ring (bicyclic) bond motifs is 2. The van der Waals surface area contributed by atoms with Crippen molar-refractivity contribution < 1.29 is 80.5 Å². The van der Waals surface area contributed by atoms with Gasteiger partial charge >= 0.3 is 12.4 Å². The van der Waals surface area contributed by atoms with Gasteiger partial charge in [0.05, 0.1) is 74.2 Å². The van der Waals surface area contributed by atoms with Gasteiger partial charge in [-0.1, -0.05) is 48.8 Å². The lowest BCUT2D eigenvalue weighted by molar-refractivity contribution is -0.138. The topological polar surface area (TPSA) is 172 Å². The van der Waals surface area contributed by atoms with E-state index in [1.807, 2.05) is 6.92 Å². The third-order valence-corrected chi connectivity index (χ3v) is 15.6. The fourth-order valence-electron chi connectivity index (χ4n) is 7.67. The number of anilines is 3. The highest BCUT2D eigenvalue weighted by molar-refractivity contribution is 7.93. The Morgan fingerprint density at radius 2 is 1.04 bits per heavy atom. The zero-order valence-electron chi connectivity index (χ0n) is 40.2. The monoisotopic (exact) mass is 1200 g/mol. The first-order valence-corrected chi connectivity index (χ1v) is 26.7. The lowest BCUT2D eigenvalue weighted by Gasteiger charge is -2.35. The summed E-state index contributed by atoms with van der Waals surface area (Å²) < 4.78 is 182. The molecule has 2 N–H and O–H groups in total. The van der Waals surface area contributed by atoms with Crippen molar-refractivity contribution >= 4 is 82.9 Å². The molecular formula is C52H48Cl3F8N3O10S2. The van der Waals surface area contributed by atoms with E-state index in [1.54, 1.807) is 25.1 Å². The molecule has 8 rings (SSSR count). The predicted octanol–water partition coefficient (Wildman–Crippen LogP) is 12.7. The standard InChI is InChI=1S/C26H22ClF4NO5S.C17H19FN2O4S.C8H3Cl2F3O.CH4/c1-2-36-15-18-14-32(38(34,35)19-9-7-17(28)8-10-19)22-12-16(6-11-24(22)37-18)13-23(33)25-20(26(29,30)31)4-3-5-21(25)27;1-2-23-11-14-10-20(16-9-13(19)5-8-17(16)24-14)25(21,22)15-6-3-12(18)4-7-15;9-5-3-1-2-4(8(11,12)13)6(5)7(10)14;/h3-12,18H,2,13-15H2,1H3;3-9,14H,2,10-11,19H2,1H3;1-3H;1H4. The van der Waals surface area contributed by atoms with Crippen LogP contribution in [0.4, 0.5) is 52.2 Å². The number of Topliss-reactive ketones (excluding diaryl/α,β-unsaturated/α-hetero) is 1. The minimum Gasteiger partial charge on any atom is -0.484 e. The van der Waals surface area contributed by atoms with E-state index < -0.39 is 95.9 Å². The highest BCUT2D eigenvalue weighted by Gasteiger charge is 2.39. The first kappa shape index (κ1) is 62.6. The summed E-state index contributed by atoms with van der Waals surface area (Å²) in [5.41, 5.74) is 3.27. The van der Waals surface area contributed by atoms with Crippen LogP contribution in [0, 0.1) is 11.6 Å². The molecule has 0 spiro atoms. The third kappa shape index (κ3) is 15.1. The van der Waals surface area contributed by atoms with Gasteiger partial charge in [0.1, 0.15) is 35.3 Å². The summed E-state index contributed by atoms with van der Waals surface area (Å²) in [6, 6.07) is 24.2. The molecule has 2 aliphatic heterocycles. The molecular weight excluding hydrogens is 1150 g/mol. The fourth-order valence-corrected chi connectivity index (χ4v) is 11.5. The molecule has 0 aliphatic carbocycles. The smallest absolute Gasteiger partial charge is 0.417 e. The van der Waals surface area contributed by atoms with Crippen molar-refractivity contribution in [2.45, 2.75) is 62.0 Å². The maximum Gasteiger partial charge on any atom is 0.417 e. The molecule has 2 heterocycles. The van der Waals surface area contributed by atoms with Gasteiger partial charge < -0.3 is 24.7 Å². The van der Waals surface area contributed by atoms with Crippen LogP contribution in [-0.4, -0.2) is 79.6 Å². The molecule has 26 heteroatoms. The molecule has 420 valence electrons. The third-order valence-electron chi connectivity index (χ3n) is 11.2. The zero-order chi connectivity index (χ0) is 56.6. The van der Waals surface area contributed by atoms with E-state index in [4.69, 9.17) is 59.5 Å². The van der Waals surface area contributed by atoms with Crippen molar-refractivity contribution in [3.8, 4) is 11.5 Å². The number of hydrogen-bond donors (Lipinski definition) is 1. The number of alkyl halides is 6. The summed E-state index contributed by atoms with van der Waals surface area (Å²) in [6.45, 7) is 4.79. The molecule has 2 unspecified atom stereocenters. The summed E-state index contributed by atoms with van der Waals surface area (Å²) in [5.74, 6) is -1.41. The second-order valence-corrected chi connectivity index (χ2v) is 21.4. The first-order valence-electron chi connectivity index (χ1n) is 22.7. The summed E-state index contributed by atoms with van der Waals surface area (Å²) in [7, 11) is -8.10.